The van der Waals surface area contributed by atoms with E-state index < -0.39 is 41.2 Å². The van der Waals surface area contributed by atoms with Gasteiger partial charge in [-0.25, -0.2) is 4.79 Å². The van der Waals surface area contributed by atoms with Crippen molar-refractivity contribution in [3.8, 4) is 0 Å². The molecule has 0 saturated carbocycles. The van der Waals surface area contributed by atoms with Gasteiger partial charge in [-0.2, -0.15) is 13.2 Å². The van der Waals surface area contributed by atoms with Gasteiger partial charge in [-0.1, -0.05) is 60.7 Å². The van der Waals surface area contributed by atoms with Crippen LogP contribution in [0, 0.1) is 0 Å². The van der Waals surface area contributed by atoms with Gasteiger partial charge in [-0.15, -0.1) is 0 Å². The number of ether oxygens (including phenoxy) is 1. The summed E-state index contributed by atoms with van der Waals surface area (Å²) in [6.45, 7) is 1.18. The van der Waals surface area contributed by atoms with Crippen molar-refractivity contribution in [2.75, 3.05) is 0 Å². The quantitative estimate of drug-likeness (QED) is 0.223. The highest BCUT2D eigenvalue weighted by Gasteiger charge is 2.36. The lowest BCUT2D eigenvalue weighted by Gasteiger charge is -2.30. The zero-order valence-corrected chi connectivity index (χ0v) is 22.1. The van der Waals surface area contributed by atoms with Crippen LogP contribution in [0.1, 0.15) is 29.2 Å². The Labute approximate surface area is 234 Å². The highest BCUT2D eigenvalue weighted by molar-refractivity contribution is 5.94. The molecule has 4 rings (SSSR count). The van der Waals surface area contributed by atoms with Crippen LogP contribution in [0.15, 0.2) is 85.1 Å². The Kier molecular flexibility index (Phi) is 8.65. The smallest absolute Gasteiger partial charge is 0.416 e. The predicted molar refractivity (Wildman–Crippen MR) is 146 cm³/mol. The number of nitrogens with two attached hydrogens (primary N) is 1. The summed E-state index contributed by atoms with van der Waals surface area (Å²) >= 11 is 0. The molecule has 1 aromatic heterocycles. The van der Waals surface area contributed by atoms with Crippen molar-refractivity contribution in [1.82, 2.24) is 15.6 Å². The summed E-state index contributed by atoms with van der Waals surface area (Å²) < 4.78 is 43.7. The summed E-state index contributed by atoms with van der Waals surface area (Å²) in [6, 6.07) is 19.4. The number of carbonyl (C=O) groups is 3. The number of hydrogen-bond acceptors (Lipinski definition) is 4. The summed E-state index contributed by atoms with van der Waals surface area (Å²) in [5.41, 5.74) is 6.05. The Morgan fingerprint density at radius 2 is 1.59 bits per heavy atom. The number of aromatic nitrogens is 1. The Balaban J connectivity index is 1.51. The van der Waals surface area contributed by atoms with Crippen molar-refractivity contribution in [1.29, 1.82) is 0 Å². The average Bonchev–Trinajstić information content (AvgIpc) is 3.34. The third kappa shape index (κ3) is 7.44. The number of benzene rings is 3. The number of para-hydroxylation sites is 1. The number of fused-ring (bicyclic) bond motifs is 1. The largest absolute Gasteiger partial charge is 0.445 e. The summed E-state index contributed by atoms with van der Waals surface area (Å²) in [7, 11) is 0. The maximum absolute atomic E-state index is 13.6. The predicted octanol–water partition coefficient (Wildman–Crippen LogP) is 4.63. The van der Waals surface area contributed by atoms with Gasteiger partial charge in [0.05, 0.1) is 5.56 Å². The van der Waals surface area contributed by atoms with Crippen molar-refractivity contribution in [3.05, 3.63) is 107 Å². The summed E-state index contributed by atoms with van der Waals surface area (Å²) in [5, 5.41) is 6.07. The SMILES string of the molecule is CC(Cc1ccccc1)(NC(=O)C(Cc1c[nH]c2ccccc12)NC(=O)OCc1ccc(C(F)(F)F)cc1)C(N)=O. The molecule has 2 unspecified atom stereocenters. The monoisotopic (exact) mass is 566 g/mol. The van der Waals surface area contributed by atoms with Gasteiger partial charge in [0.1, 0.15) is 18.2 Å². The number of primary amides is 1. The maximum atomic E-state index is 13.6. The molecule has 4 aromatic rings. The van der Waals surface area contributed by atoms with E-state index >= 15 is 0 Å². The standard InChI is InChI=1S/C30H29F3N4O4/c1-29(27(34)39,16-19-7-3-2-4-8-19)37-26(38)25(15-21-17-35-24-10-6-5-9-23(21)24)36-28(40)41-18-20-11-13-22(14-12-20)30(31,32)33/h2-14,17,25,35H,15-16,18H2,1H3,(H2,34,39)(H,36,40)(H,37,38). The Hall–Kier alpha value is -4.80. The molecular formula is C30H29F3N4O4. The first-order valence-electron chi connectivity index (χ1n) is 12.7. The second-order valence-corrected chi connectivity index (χ2v) is 9.88. The Morgan fingerprint density at radius 1 is 0.927 bits per heavy atom. The van der Waals surface area contributed by atoms with Gasteiger partial charge in [-0.05, 0) is 41.8 Å². The molecule has 0 spiro atoms. The van der Waals surface area contributed by atoms with E-state index in [0.29, 0.717) is 5.56 Å². The first-order chi connectivity index (χ1) is 19.4. The molecule has 5 N–H and O–H groups in total. The number of nitrogens with one attached hydrogen (secondary N) is 3. The third-order valence-electron chi connectivity index (χ3n) is 6.70. The van der Waals surface area contributed by atoms with Crippen LogP contribution in [0.2, 0.25) is 0 Å². The van der Waals surface area contributed by atoms with Gasteiger partial charge in [-0.3, -0.25) is 9.59 Å². The molecule has 0 aliphatic rings. The molecule has 0 aliphatic carbocycles. The molecule has 3 aromatic carbocycles. The molecule has 0 aliphatic heterocycles. The molecular weight excluding hydrogens is 537 g/mol. The van der Waals surface area contributed by atoms with Crippen molar-refractivity contribution in [2.24, 2.45) is 5.73 Å². The third-order valence-corrected chi connectivity index (χ3v) is 6.70. The summed E-state index contributed by atoms with van der Waals surface area (Å²) in [4.78, 5) is 41.9. The topological polar surface area (TPSA) is 126 Å². The van der Waals surface area contributed by atoms with Gasteiger partial charge in [0.2, 0.25) is 11.8 Å². The van der Waals surface area contributed by atoms with Gasteiger partial charge < -0.3 is 26.1 Å². The number of carbonyl (C=O) groups excluding carboxylic acids is 3. The molecule has 41 heavy (non-hydrogen) atoms. The number of amides is 3. The van der Waals surface area contributed by atoms with Crippen LogP contribution in [0.5, 0.6) is 0 Å². The van der Waals surface area contributed by atoms with Gasteiger partial charge in [0.15, 0.2) is 0 Å². The molecule has 0 fully saturated rings. The minimum atomic E-state index is -4.49. The van der Waals surface area contributed by atoms with Gasteiger partial charge >= 0.3 is 12.3 Å². The van der Waals surface area contributed by atoms with E-state index in [1.165, 1.54) is 19.1 Å². The highest BCUT2D eigenvalue weighted by Crippen LogP contribution is 2.29. The number of alkyl carbamates (subject to hydrolysis) is 1. The second kappa shape index (κ2) is 12.2. The number of halogens is 3. The fraction of sp³-hybridized carbons (Fsp3) is 0.233. The Bertz CT molecular complexity index is 1520. The molecule has 1 heterocycles. The lowest BCUT2D eigenvalue weighted by molar-refractivity contribution is -0.137. The molecule has 11 heteroatoms. The van der Waals surface area contributed by atoms with Crippen molar-refractivity contribution in [3.63, 3.8) is 0 Å². The average molecular weight is 567 g/mol. The Morgan fingerprint density at radius 3 is 2.24 bits per heavy atom. The second-order valence-electron chi connectivity index (χ2n) is 9.88. The van der Waals surface area contributed by atoms with Crippen LogP contribution < -0.4 is 16.4 Å². The van der Waals surface area contributed by atoms with Crippen LogP contribution in [-0.4, -0.2) is 34.5 Å². The lowest BCUT2D eigenvalue weighted by atomic mass is 9.91. The summed E-state index contributed by atoms with van der Waals surface area (Å²) in [5.74, 6) is -1.43. The van der Waals surface area contributed by atoms with Crippen molar-refractivity contribution < 1.29 is 32.3 Å². The van der Waals surface area contributed by atoms with E-state index in [1.54, 1.807) is 30.5 Å². The first kappa shape index (κ1) is 29.2. The fourth-order valence-corrected chi connectivity index (χ4v) is 4.41. The van der Waals surface area contributed by atoms with Crippen molar-refractivity contribution in [2.45, 2.75) is 44.1 Å². The number of alkyl halides is 3. The molecule has 0 saturated heterocycles. The fourth-order valence-electron chi connectivity index (χ4n) is 4.41. The van der Waals surface area contributed by atoms with E-state index in [9.17, 15) is 27.6 Å². The van der Waals surface area contributed by atoms with Crippen molar-refractivity contribution >= 4 is 28.8 Å². The van der Waals surface area contributed by atoms with Crippen LogP contribution >= 0.6 is 0 Å². The minimum Gasteiger partial charge on any atom is -0.445 e. The van der Waals surface area contributed by atoms with E-state index in [2.05, 4.69) is 15.6 Å². The normalized spacial score (nSPS) is 13.7. The maximum Gasteiger partial charge on any atom is 0.416 e. The molecule has 3 amide bonds. The zero-order valence-electron chi connectivity index (χ0n) is 22.1. The van der Waals surface area contributed by atoms with E-state index in [0.717, 1.165) is 34.2 Å². The van der Waals surface area contributed by atoms with Crippen LogP contribution in [0.3, 0.4) is 0 Å². The molecule has 8 nitrogen and oxygen atoms in total. The summed E-state index contributed by atoms with van der Waals surface area (Å²) in [6.07, 6.45) is -3.57. The number of H-pyrrole nitrogens is 1. The van der Waals surface area contributed by atoms with E-state index in [1.807, 2.05) is 30.3 Å². The number of hydrogen-bond donors (Lipinski definition) is 4. The van der Waals surface area contributed by atoms with Crippen LogP contribution in [-0.2, 0) is 40.0 Å². The molecule has 0 radical (unpaired) electrons. The van der Waals surface area contributed by atoms with Gasteiger partial charge in [0.25, 0.3) is 0 Å². The lowest BCUT2D eigenvalue weighted by Crippen LogP contribution is -2.61. The van der Waals surface area contributed by atoms with E-state index in [-0.39, 0.29) is 19.4 Å². The number of rotatable bonds is 10. The number of aromatic amines is 1. The van der Waals surface area contributed by atoms with Crippen LogP contribution in [0.25, 0.3) is 10.9 Å². The molecule has 214 valence electrons. The molecule has 0 bridgehead atoms. The minimum absolute atomic E-state index is 0.0470. The first-order valence-corrected chi connectivity index (χ1v) is 12.7. The molecule has 2 atom stereocenters. The van der Waals surface area contributed by atoms with Crippen LogP contribution in [0.4, 0.5) is 18.0 Å². The van der Waals surface area contributed by atoms with Gasteiger partial charge in [0, 0.05) is 29.9 Å². The van der Waals surface area contributed by atoms with E-state index in [4.69, 9.17) is 10.5 Å². The zero-order chi connectivity index (χ0) is 29.6. The highest BCUT2D eigenvalue weighted by atomic mass is 19.4.